The predicted octanol–water partition coefficient (Wildman–Crippen LogP) is -0.312. The van der Waals surface area contributed by atoms with Crippen molar-refractivity contribution in [3.05, 3.63) is 11.8 Å². The second-order valence-electron chi connectivity index (χ2n) is 5.36. The first-order valence-electron chi connectivity index (χ1n) is 7.95. The zero-order chi connectivity index (χ0) is 17.5. The molecule has 0 fully saturated rings. The van der Waals surface area contributed by atoms with Gasteiger partial charge in [-0.1, -0.05) is 13.8 Å². The van der Waals surface area contributed by atoms with Crippen molar-refractivity contribution in [3.8, 4) is 0 Å². The topological polar surface area (TPSA) is 129 Å². The molecule has 1 aromatic heterocycles. The van der Waals surface area contributed by atoms with E-state index in [0.717, 1.165) is 6.42 Å². The van der Waals surface area contributed by atoms with E-state index >= 15 is 0 Å². The number of nitrogens with zero attached hydrogens (tertiary/aromatic N) is 3. The monoisotopic (exact) mass is 338 g/mol. The van der Waals surface area contributed by atoms with Crippen LogP contribution in [0.2, 0.25) is 0 Å². The largest absolute Gasteiger partial charge is 0.421 e. The SMILES string of the molecule is CCCN1C(=O)NCC(=O)NCC(=O)NCc2nnc(o2)C1CC. The summed E-state index contributed by atoms with van der Waals surface area (Å²) in [6, 6.07) is -0.784. The minimum atomic E-state index is -0.436. The molecule has 4 amide bonds. The molecule has 10 nitrogen and oxygen atoms in total. The van der Waals surface area contributed by atoms with E-state index in [4.69, 9.17) is 4.42 Å². The Morgan fingerprint density at radius 1 is 1.04 bits per heavy atom. The quantitative estimate of drug-likeness (QED) is 0.693. The summed E-state index contributed by atoms with van der Waals surface area (Å²) in [6.45, 7) is 4.01. The van der Waals surface area contributed by atoms with Crippen LogP contribution in [0.4, 0.5) is 4.79 Å². The van der Waals surface area contributed by atoms with Gasteiger partial charge in [0.05, 0.1) is 19.6 Å². The second-order valence-corrected chi connectivity index (χ2v) is 5.36. The number of hydrogen-bond acceptors (Lipinski definition) is 6. The molecule has 0 spiro atoms. The van der Waals surface area contributed by atoms with Gasteiger partial charge in [0.25, 0.3) is 0 Å². The summed E-state index contributed by atoms with van der Waals surface area (Å²) in [4.78, 5) is 37.3. The molecule has 3 N–H and O–H groups in total. The van der Waals surface area contributed by atoms with Crippen LogP contribution >= 0.6 is 0 Å². The molecule has 24 heavy (non-hydrogen) atoms. The van der Waals surface area contributed by atoms with Crippen molar-refractivity contribution in [2.75, 3.05) is 19.6 Å². The molecular formula is C14H22N6O4. The van der Waals surface area contributed by atoms with Crippen molar-refractivity contribution < 1.29 is 18.8 Å². The molecule has 2 rings (SSSR count). The third kappa shape index (κ3) is 4.43. The number of rotatable bonds is 3. The van der Waals surface area contributed by atoms with Gasteiger partial charge in [-0.25, -0.2) is 4.79 Å². The highest BCUT2D eigenvalue weighted by atomic mass is 16.4. The van der Waals surface area contributed by atoms with Crippen LogP contribution in [0.25, 0.3) is 0 Å². The number of carbonyl (C=O) groups excluding carboxylic acids is 3. The van der Waals surface area contributed by atoms with Gasteiger partial charge in [-0.05, 0) is 12.8 Å². The molecule has 1 aliphatic heterocycles. The van der Waals surface area contributed by atoms with E-state index in [0.29, 0.717) is 18.9 Å². The lowest BCUT2D eigenvalue weighted by atomic mass is 10.2. The molecule has 2 bridgehead atoms. The maximum absolute atomic E-state index is 12.4. The Morgan fingerprint density at radius 2 is 1.71 bits per heavy atom. The maximum Gasteiger partial charge on any atom is 0.318 e. The molecule has 0 saturated carbocycles. The van der Waals surface area contributed by atoms with Gasteiger partial charge in [0, 0.05) is 6.54 Å². The lowest BCUT2D eigenvalue weighted by molar-refractivity contribution is -0.125. The Bertz CT molecular complexity index is 602. The molecular weight excluding hydrogens is 316 g/mol. The van der Waals surface area contributed by atoms with Crippen LogP contribution in [0.15, 0.2) is 4.42 Å². The van der Waals surface area contributed by atoms with Crippen molar-refractivity contribution in [2.45, 2.75) is 39.3 Å². The number of urea groups is 1. The summed E-state index contributed by atoms with van der Waals surface area (Å²) in [5, 5.41) is 15.5. The Hall–Kier alpha value is -2.65. The smallest absolute Gasteiger partial charge is 0.318 e. The zero-order valence-corrected chi connectivity index (χ0v) is 13.8. The summed E-state index contributed by atoms with van der Waals surface area (Å²) in [5.41, 5.74) is 0. The van der Waals surface area contributed by atoms with Gasteiger partial charge in [0.2, 0.25) is 23.6 Å². The summed E-state index contributed by atoms with van der Waals surface area (Å²) in [6.07, 6.45) is 1.32. The average Bonchev–Trinajstić information content (AvgIpc) is 3.03. The first kappa shape index (κ1) is 17.7. The molecule has 1 atom stereocenters. The molecule has 132 valence electrons. The first-order chi connectivity index (χ1) is 11.5. The van der Waals surface area contributed by atoms with E-state index in [9.17, 15) is 14.4 Å². The molecule has 1 unspecified atom stereocenters. The van der Waals surface area contributed by atoms with Gasteiger partial charge in [-0.2, -0.15) is 0 Å². The lowest BCUT2D eigenvalue weighted by Gasteiger charge is -2.28. The fourth-order valence-electron chi connectivity index (χ4n) is 2.38. The highest BCUT2D eigenvalue weighted by Crippen LogP contribution is 2.23. The zero-order valence-electron chi connectivity index (χ0n) is 13.8. The Labute approximate surface area is 139 Å². The second kappa shape index (κ2) is 8.27. The molecule has 1 aromatic rings. The van der Waals surface area contributed by atoms with Gasteiger partial charge in [-0.3, -0.25) is 9.59 Å². The Kier molecular flexibility index (Phi) is 6.10. The average molecular weight is 338 g/mol. The fraction of sp³-hybridized carbons (Fsp3) is 0.643. The summed E-state index contributed by atoms with van der Waals surface area (Å²) >= 11 is 0. The number of carbonyl (C=O) groups is 3. The van der Waals surface area contributed by atoms with Crippen LogP contribution in [-0.4, -0.2) is 52.6 Å². The highest BCUT2D eigenvalue weighted by Gasteiger charge is 2.28. The van der Waals surface area contributed by atoms with E-state index in [1.165, 1.54) is 0 Å². The van der Waals surface area contributed by atoms with E-state index in [1.54, 1.807) is 4.90 Å². The summed E-state index contributed by atoms with van der Waals surface area (Å²) < 4.78 is 5.58. The van der Waals surface area contributed by atoms with Crippen molar-refractivity contribution >= 4 is 17.8 Å². The molecule has 10 heteroatoms. The molecule has 0 radical (unpaired) electrons. The van der Waals surface area contributed by atoms with Crippen LogP contribution in [0.3, 0.4) is 0 Å². The van der Waals surface area contributed by atoms with E-state index in [2.05, 4.69) is 26.1 Å². The van der Waals surface area contributed by atoms with Crippen LogP contribution in [0, 0.1) is 0 Å². The first-order valence-corrected chi connectivity index (χ1v) is 7.95. The van der Waals surface area contributed by atoms with Gasteiger partial charge >= 0.3 is 6.03 Å². The summed E-state index contributed by atoms with van der Waals surface area (Å²) in [7, 11) is 0. The number of fused-ring (bicyclic) bond motifs is 2. The van der Waals surface area contributed by atoms with Crippen LogP contribution in [0.1, 0.15) is 44.5 Å². The number of amides is 4. The maximum atomic E-state index is 12.4. The fourth-order valence-corrected chi connectivity index (χ4v) is 2.38. The molecule has 2 heterocycles. The van der Waals surface area contributed by atoms with E-state index in [-0.39, 0.29) is 37.5 Å². The van der Waals surface area contributed by atoms with Gasteiger partial charge in [0.15, 0.2) is 0 Å². The van der Waals surface area contributed by atoms with Gasteiger partial charge < -0.3 is 25.3 Å². The highest BCUT2D eigenvalue weighted by molar-refractivity contribution is 5.87. The molecule has 0 aromatic carbocycles. The van der Waals surface area contributed by atoms with Crippen molar-refractivity contribution in [1.82, 2.24) is 31.0 Å². The van der Waals surface area contributed by atoms with Crippen molar-refractivity contribution in [1.29, 1.82) is 0 Å². The number of aromatic nitrogens is 2. The Balaban J connectivity index is 2.27. The third-order valence-electron chi connectivity index (χ3n) is 3.54. The third-order valence-corrected chi connectivity index (χ3v) is 3.54. The van der Waals surface area contributed by atoms with Gasteiger partial charge in [0.1, 0.15) is 6.04 Å². The van der Waals surface area contributed by atoms with Crippen LogP contribution in [0.5, 0.6) is 0 Å². The minimum Gasteiger partial charge on any atom is -0.421 e. The lowest BCUT2D eigenvalue weighted by Crippen LogP contribution is -2.47. The van der Waals surface area contributed by atoms with Gasteiger partial charge in [-0.15, -0.1) is 10.2 Å². The number of nitrogens with one attached hydrogen (secondary N) is 3. The van der Waals surface area contributed by atoms with Crippen molar-refractivity contribution in [2.24, 2.45) is 0 Å². The van der Waals surface area contributed by atoms with Crippen LogP contribution in [-0.2, 0) is 16.1 Å². The summed E-state index contributed by atoms with van der Waals surface area (Å²) in [5.74, 6) is -0.260. The normalized spacial score (nSPS) is 20.0. The molecule has 0 aliphatic carbocycles. The standard InChI is InChI=1S/C14H22N6O4/c1-3-5-20-9(4-2)13-19-18-12(24-13)8-16-10(21)6-15-11(22)7-17-14(20)23/h9H,3-8H2,1-2H3,(H,15,22)(H,16,21)(H,17,23). The number of hydrogen-bond donors (Lipinski definition) is 3. The Morgan fingerprint density at radius 3 is 2.38 bits per heavy atom. The minimum absolute atomic E-state index is 0.0676. The van der Waals surface area contributed by atoms with Crippen molar-refractivity contribution in [3.63, 3.8) is 0 Å². The van der Waals surface area contributed by atoms with E-state index in [1.807, 2.05) is 13.8 Å². The van der Waals surface area contributed by atoms with Crippen LogP contribution < -0.4 is 16.0 Å². The van der Waals surface area contributed by atoms with E-state index < -0.39 is 11.9 Å². The predicted molar refractivity (Wildman–Crippen MR) is 82.6 cm³/mol. The molecule has 0 saturated heterocycles. The molecule has 1 aliphatic rings.